The number of methoxy groups -OCH3 is 1. The Morgan fingerprint density at radius 2 is 2.03 bits per heavy atom. The van der Waals surface area contributed by atoms with Crippen molar-refractivity contribution < 1.29 is 13.2 Å². The van der Waals surface area contributed by atoms with Crippen molar-refractivity contribution in [1.82, 2.24) is 9.21 Å². The molecule has 1 saturated heterocycles. The standard InChI is InChI=1S/C21H24ClN3O3S/c1-28-20-10-9-18(22)14-21(20)29(26,27)25(19-11-13-24(15-19)16-23)12-5-8-17-6-3-2-4-7-17/h2-4,6-7,9-10,14,19H,5,8,11-13,15H2,1H3. The molecule has 1 unspecified atom stereocenters. The van der Waals surface area contributed by atoms with Crippen LogP contribution in [0.5, 0.6) is 5.75 Å². The van der Waals surface area contributed by atoms with E-state index in [-0.39, 0.29) is 16.7 Å². The number of nitriles is 1. The van der Waals surface area contributed by atoms with Gasteiger partial charge in [-0.15, -0.1) is 0 Å². The summed E-state index contributed by atoms with van der Waals surface area (Å²) in [5.41, 5.74) is 1.16. The number of ether oxygens (including phenoxy) is 1. The molecule has 0 saturated carbocycles. The molecule has 0 N–H and O–H groups in total. The van der Waals surface area contributed by atoms with Crippen LogP contribution in [0.1, 0.15) is 18.4 Å². The minimum absolute atomic E-state index is 0.0580. The predicted molar refractivity (Wildman–Crippen MR) is 112 cm³/mol. The third-order valence-corrected chi connectivity index (χ3v) is 7.32. The number of nitrogens with zero attached hydrogens (tertiary/aromatic N) is 3. The fraction of sp³-hybridized carbons (Fsp3) is 0.381. The maximum atomic E-state index is 13.6. The van der Waals surface area contributed by atoms with Gasteiger partial charge < -0.3 is 9.64 Å². The van der Waals surface area contributed by atoms with Crippen molar-refractivity contribution >= 4 is 21.6 Å². The number of hydrogen-bond donors (Lipinski definition) is 0. The molecule has 154 valence electrons. The summed E-state index contributed by atoms with van der Waals surface area (Å²) >= 11 is 6.08. The summed E-state index contributed by atoms with van der Waals surface area (Å²) < 4.78 is 34.0. The van der Waals surface area contributed by atoms with Crippen molar-refractivity contribution in [2.24, 2.45) is 0 Å². The number of rotatable bonds is 8. The van der Waals surface area contributed by atoms with Crippen LogP contribution in [0.3, 0.4) is 0 Å². The van der Waals surface area contributed by atoms with Crippen LogP contribution in [0.4, 0.5) is 0 Å². The third kappa shape index (κ3) is 5.02. The van der Waals surface area contributed by atoms with Crippen molar-refractivity contribution in [2.75, 3.05) is 26.7 Å². The Morgan fingerprint density at radius 1 is 1.28 bits per heavy atom. The van der Waals surface area contributed by atoms with Crippen molar-refractivity contribution in [3.63, 3.8) is 0 Å². The van der Waals surface area contributed by atoms with E-state index in [1.54, 1.807) is 17.0 Å². The van der Waals surface area contributed by atoms with Crippen LogP contribution in [0, 0.1) is 11.5 Å². The third-order valence-electron chi connectivity index (χ3n) is 5.11. The predicted octanol–water partition coefficient (Wildman–Crippen LogP) is 3.53. The quantitative estimate of drug-likeness (QED) is 0.595. The molecule has 3 rings (SSSR count). The van der Waals surface area contributed by atoms with Gasteiger partial charge in [-0.1, -0.05) is 41.9 Å². The molecule has 0 aromatic heterocycles. The number of benzene rings is 2. The Hall–Kier alpha value is -2.27. The first-order valence-corrected chi connectivity index (χ1v) is 11.3. The van der Waals surface area contributed by atoms with Crippen LogP contribution >= 0.6 is 11.6 Å². The summed E-state index contributed by atoms with van der Waals surface area (Å²) in [6.07, 6.45) is 4.18. The van der Waals surface area contributed by atoms with Gasteiger partial charge in [-0.2, -0.15) is 9.57 Å². The fourth-order valence-electron chi connectivity index (χ4n) is 3.63. The molecule has 29 heavy (non-hydrogen) atoms. The maximum Gasteiger partial charge on any atom is 0.247 e. The van der Waals surface area contributed by atoms with E-state index in [1.807, 2.05) is 30.3 Å². The number of sulfonamides is 1. The molecule has 8 heteroatoms. The molecule has 1 heterocycles. The molecular weight excluding hydrogens is 410 g/mol. The first-order valence-electron chi connectivity index (χ1n) is 9.49. The Labute approximate surface area is 177 Å². The zero-order chi connectivity index (χ0) is 20.9. The van der Waals surface area contributed by atoms with Crippen LogP contribution in [0.15, 0.2) is 53.4 Å². The van der Waals surface area contributed by atoms with E-state index in [4.69, 9.17) is 16.3 Å². The molecule has 1 aliphatic rings. The zero-order valence-electron chi connectivity index (χ0n) is 16.3. The highest BCUT2D eigenvalue weighted by Crippen LogP contribution is 2.32. The van der Waals surface area contributed by atoms with E-state index in [9.17, 15) is 13.7 Å². The lowest BCUT2D eigenvalue weighted by molar-refractivity contribution is 0.314. The number of hydrogen-bond acceptors (Lipinski definition) is 5. The van der Waals surface area contributed by atoms with E-state index in [2.05, 4.69) is 6.19 Å². The summed E-state index contributed by atoms with van der Waals surface area (Å²) in [7, 11) is -2.41. The monoisotopic (exact) mass is 433 g/mol. The van der Waals surface area contributed by atoms with Gasteiger partial charge in [0.25, 0.3) is 0 Å². The Morgan fingerprint density at radius 3 is 2.69 bits per heavy atom. The second-order valence-corrected chi connectivity index (χ2v) is 9.28. The maximum absolute atomic E-state index is 13.6. The van der Waals surface area contributed by atoms with E-state index < -0.39 is 10.0 Å². The van der Waals surface area contributed by atoms with Gasteiger partial charge in [0.1, 0.15) is 10.6 Å². The molecule has 6 nitrogen and oxygen atoms in total. The summed E-state index contributed by atoms with van der Waals surface area (Å²) in [4.78, 5) is 1.65. The van der Waals surface area contributed by atoms with Crippen molar-refractivity contribution in [3.05, 3.63) is 59.1 Å². The molecule has 0 aliphatic carbocycles. The summed E-state index contributed by atoms with van der Waals surface area (Å²) in [6, 6.07) is 14.3. The SMILES string of the molecule is COc1ccc(Cl)cc1S(=O)(=O)N(CCCc1ccccc1)C1CCN(C#N)C1. The molecule has 1 atom stereocenters. The summed E-state index contributed by atoms with van der Waals surface area (Å²) in [6.45, 7) is 1.30. The van der Waals surface area contributed by atoms with E-state index in [1.165, 1.54) is 17.5 Å². The summed E-state index contributed by atoms with van der Waals surface area (Å²) in [5.74, 6) is 0.262. The van der Waals surface area contributed by atoms with Gasteiger partial charge in [0.05, 0.1) is 7.11 Å². The molecular formula is C21H24ClN3O3S. The topological polar surface area (TPSA) is 73.6 Å². The highest BCUT2D eigenvalue weighted by Gasteiger charge is 2.37. The lowest BCUT2D eigenvalue weighted by Crippen LogP contribution is -2.42. The largest absolute Gasteiger partial charge is 0.495 e. The first-order chi connectivity index (χ1) is 14.0. The Kier molecular flexibility index (Phi) is 7.01. The highest BCUT2D eigenvalue weighted by molar-refractivity contribution is 7.89. The number of aryl methyl sites for hydroxylation is 1. The van der Waals surface area contributed by atoms with Gasteiger partial charge in [0, 0.05) is 30.7 Å². The molecule has 0 radical (unpaired) electrons. The second-order valence-electron chi connectivity index (χ2n) is 6.99. The molecule has 1 aliphatic heterocycles. The van der Waals surface area contributed by atoms with E-state index in [0.717, 1.165) is 12.0 Å². The molecule has 2 aromatic rings. The van der Waals surface area contributed by atoms with Crippen LogP contribution in [-0.4, -0.2) is 50.4 Å². The normalized spacial score (nSPS) is 16.8. The minimum Gasteiger partial charge on any atom is -0.495 e. The van der Waals surface area contributed by atoms with Crippen molar-refractivity contribution in [1.29, 1.82) is 5.26 Å². The van der Waals surface area contributed by atoms with Crippen LogP contribution < -0.4 is 4.74 Å². The van der Waals surface area contributed by atoms with Gasteiger partial charge in [0.2, 0.25) is 10.0 Å². The second kappa shape index (κ2) is 9.49. The molecule has 0 spiro atoms. The molecule has 1 fully saturated rings. The number of halogens is 1. The lowest BCUT2D eigenvalue weighted by atomic mass is 10.1. The molecule has 2 aromatic carbocycles. The molecule has 0 bridgehead atoms. The Bertz CT molecular complexity index is 976. The van der Waals surface area contributed by atoms with Gasteiger partial charge in [-0.3, -0.25) is 0 Å². The lowest BCUT2D eigenvalue weighted by Gasteiger charge is -2.28. The zero-order valence-corrected chi connectivity index (χ0v) is 17.9. The van der Waals surface area contributed by atoms with Gasteiger partial charge in [0.15, 0.2) is 6.19 Å². The van der Waals surface area contributed by atoms with Crippen LogP contribution in [0.2, 0.25) is 5.02 Å². The highest BCUT2D eigenvalue weighted by atomic mass is 35.5. The fourth-order valence-corrected chi connectivity index (χ4v) is 5.73. The van der Waals surface area contributed by atoms with E-state index >= 15 is 0 Å². The van der Waals surface area contributed by atoms with Crippen molar-refractivity contribution in [3.8, 4) is 11.9 Å². The van der Waals surface area contributed by atoms with Gasteiger partial charge in [-0.25, -0.2) is 8.42 Å². The van der Waals surface area contributed by atoms with E-state index in [0.29, 0.717) is 37.5 Å². The minimum atomic E-state index is -3.85. The number of likely N-dealkylation sites (tertiary alicyclic amines) is 1. The van der Waals surface area contributed by atoms with Gasteiger partial charge >= 0.3 is 0 Å². The average molecular weight is 434 g/mol. The Balaban J connectivity index is 1.87. The average Bonchev–Trinajstić information content (AvgIpc) is 3.20. The first kappa shape index (κ1) is 21.4. The van der Waals surface area contributed by atoms with Crippen molar-refractivity contribution in [2.45, 2.75) is 30.2 Å². The summed E-state index contributed by atoms with van der Waals surface area (Å²) in [5, 5.41) is 9.53. The smallest absolute Gasteiger partial charge is 0.247 e. The van der Waals surface area contributed by atoms with Crippen LogP contribution in [0.25, 0.3) is 0 Å². The molecule has 0 amide bonds. The van der Waals surface area contributed by atoms with Gasteiger partial charge in [-0.05, 0) is 43.0 Å². The van der Waals surface area contributed by atoms with Crippen LogP contribution in [-0.2, 0) is 16.4 Å².